The Morgan fingerprint density at radius 3 is 2.68 bits per heavy atom. The summed E-state index contributed by atoms with van der Waals surface area (Å²) in [5.41, 5.74) is 0. The molecule has 2 heterocycles. The Morgan fingerprint density at radius 1 is 1.42 bits per heavy atom. The molecule has 0 aliphatic carbocycles. The normalized spacial score (nSPS) is 18.8. The van der Waals surface area contributed by atoms with Crippen LogP contribution in [0, 0.1) is 5.92 Å². The van der Waals surface area contributed by atoms with Crippen LogP contribution in [0.4, 0.5) is 0 Å². The van der Waals surface area contributed by atoms with Crippen LogP contribution in [-0.2, 0) is 16.6 Å². The molecule has 1 fully saturated rings. The van der Waals surface area contributed by atoms with Crippen molar-refractivity contribution in [3.05, 3.63) is 12.4 Å². The second-order valence-corrected chi connectivity index (χ2v) is 6.86. The molecule has 1 aromatic rings. The van der Waals surface area contributed by atoms with E-state index in [4.69, 9.17) is 5.11 Å². The molecule has 0 atom stereocenters. The highest BCUT2D eigenvalue weighted by Crippen LogP contribution is 2.25. The maximum absolute atomic E-state index is 12.4. The molecule has 7 heteroatoms. The number of sulfonamides is 1. The summed E-state index contributed by atoms with van der Waals surface area (Å²) in [6.07, 6.45) is 5.82. The molecule has 2 rings (SSSR count). The fraction of sp³-hybridized carbons (Fsp3) is 0.750. The topological polar surface area (TPSA) is 75.4 Å². The van der Waals surface area contributed by atoms with Crippen molar-refractivity contribution in [2.45, 2.75) is 37.6 Å². The molecule has 108 valence electrons. The van der Waals surface area contributed by atoms with Crippen molar-refractivity contribution in [2.24, 2.45) is 5.92 Å². The predicted molar refractivity (Wildman–Crippen MR) is 71.1 cm³/mol. The third-order valence-corrected chi connectivity index (χ3v) is 5.58. The first-order valence-electron chi connectivity index (χ1n) is 6.71. The van der Waals surface area contributed by atoms with Crippen LogP contribution >= 0.6 is 0 Å². The van der Waals surface area contributed by atoms with Gasteiger partial charge in [0.2, 0.25) is 10.0 Å². The molecule has 0 spiro atoms. The van der Waals surface area contributed by atoms with E-state index in [0.29, 0.717) is 25.6 Å². The lowest BCUT2D eigenvalue weighted by atomic mass is 9.96. The first kappa shape index (κ1) is 14.5. The van der Waals surface area contributed by atoms with Crippen LogP contribution in [-0.4, -0.2) is 47.3 Å². The molecular weight excluding hydrogens is 266 g/mol. The molecule has 0 bridgehead atoms. The van der Waals surface area contributed by atoms with E-state index in [0.717, 1.165) is 19.3 Å². The number of aliphatic hydroxyl groups excluding tert-OH is 1. The zero-order valence-electron chi connectivity index (χ0n) is 11.2. The van der Waals surface area contributed by atoms with Crippen LogP contribution in [0.2, 0.25) is 0 Å². The van der Waals surface area contributed by atoms with Crippen LogP contribution in [0.15, 0.2) is 17.3 Å². The summed E-state index contributed by atoms with van der Waals surface area (Å²) >= 11 is 0. The largest absolute Gasteiger partial charge is 0.394 e. The fourth-order valence-corrected chi connectivity index (χ4v) is 3.83. The van der Waals surface area contributed by atoms with Gasteiger partial charge in [0, 0.05) is 19.3 Å². The molecular formula is C12H21N3O3S. The summed E-state index contributed by atoms with van der Waals surface area (Å²) in [5, 5.41) is 12.8. The van der Waals surface area contributed by atoms with Crippen molar-refractivity contribution in [1.29, 1.82) is 0 Å². The maximum Gasteiger partial charge on any atom is 0.246 e. The van der Waals surface area contributed by atoms with Gasteiger partial charge in [-0.15, -0.1) is 0 Å². The highest BCUT2D eigenvalue weighted by Gasteiger charge is 2.29. The van der Waals surface area contributed by atoms with Gasteiger partial charge in [0.1, 0.15) is 4.90 Å². The molecule has 0 radical (unpaired) electrons. The van der Waals surface area contributed by atoms with Gasteiger partial charge in [0.25, 0.3) is 0 Å². The standard InChI is InChI=1S/C12H21N3O3S/c1-2-11-3-5-15(6-4-11)19(17,18)12-9-13-14(10-12)7-8-16/h9-11,16H,2-8H2,1H3. The van der Waals surface area contributed by atoms with Gasteiger partial charge in [-0.2, -0.15) is 9.40 Å². The van der Waals surface area contributed by atoms with Crippen molar-refractivity contribution in [2.75, 3.05) is 19.7 Å². The van der Waals surface area contributed by atoms with Gasteiger partial charge in [-0.05, 0) is 18.8 Å². The fourth-order valence-electron chi connectivity index (χ4n) is 2.41. The number of aromatic nitrogens is 2. The Labute approximate surface area is 114 Å². The number of aliphatic hydroxyl groups is 1. The molecule has 19 heavy (non-hydrogen) atoms. The summed E-state index contributed by atoms with van der Waals surface area (Å²) in [6.45, 7) is 3.59. The van der Waals surface area contributed by atoms with E-state index in [1.54, 1.807) is 4.31 Å². The Hall–Kier alpha value is -0.920. The zero-order chi connectivity index (χ0) is 13.9. The predicted octanol–water partition coefficient (Wildman–Crippen LogP) is 0.686. The van der Waals surface area contributed by atoms with E-state index in [2.05, 4.69) is 12.0 Å². The molecule has 1 aliphatic heterocycles. The molecule has 1 aliphatic rings. The first-order valence-corrected chi connectivity index (χ1v) is 8.15. The van der Waals surface area contributed by atoms with Gasteiger partial charge in [0.05, 0.1) is 19.3 Å². The lowest BCUT2D eigenvalue weighted by molar-refractivity contribution is 0.267. The number of nitrogens with zero attached hydrogens (tertiary/aromatic N) is 3. The lowest BCUT2D eigenvalue weighted by Crippen LogP contribution is -2.38. The average Bonchev–Trinajstić information content (AvgIpc) is 2.89. The Balaban J connectivity index is 2.09. The Morgan fingerprint density at radius 2 is 2.11 bits per heavy atom. The Bertz CT molecular complexity index is 504. The van der Waals surface area contributed by atoms with E-state index in [1.165, 1.54) is 17.1 Å². The highest BCUT2D eigenvalue weighted by molar-refractivity contribution is 7.89. The van der Waals surface area contributed by atoms with Gasteiger partial charge in [-0.1, -0.05) is 13.3 Å². The molecule has 0 amide bonds. The smallest absolute Gasteiger partial charge is 0.246 e. The van der Waals surface area contributed by atoms with Gasteiger partial charge < -0.3 is 5.11 Å². The van der Waals surface area contributed by atoms with Crippen molar-refractivity contribution in [3.8, 4) is 0 Å². The molecule has 1 aromatic heterocycles. The number of hydrogen-bond acceptors (Lipinski definition) is 4. The minimum absolute atomic E-state index is 0.0525. The number of hydrogen-bond donors (Lipinski definition) is 1. The quantitative estimate of drug-likeness (QED) is 0.864. The molecule has 0 aromatic carbocycles. The van der Waals surface area contributed by atoms with E-state index in [9.17, 15) is 8.42 Å². The van der Waals surface area contributed by atoms with Crippen LogP contribution in [0.25, 0.3) is 0 Å². The summed E-state index contributed by atoms with van der Waals surface area (Å²) in [4.78, 5) is 0.218. The van der Waals surface area contributed by atoms with Gasteiger partial charge in [0.15, 0.2) is 0 Å². The van der Waals surface area contributed by atoms with Gasteiger partial charge in [-0.3, -0.25) is 4.68 Å². The second-order valence-electron chi connectivity index (χ2n) is 4.92. The minimum Gasteiger partial charge on any atom is -0.394 e. The average molecular weight is 287 g/mol. The molecule has 6 nitrogen and oxygen atoms in total. The van der Waals surface area contributed by atoms with E-state index < -0.39 is 10.0 Å². The Kier molecular flexibility index (Phi) is 4.59. The van der Waals surface area contributed by atoms with Crippen LogP contribution in [0.5, 0.6) is 0 Å². The summed E-state index contributed by atoms with van der Waals surface area (Å²) in [6, 6.07) is 0. The second kappa shape index (κ2) is 6.02. The van der Waals surface area contributed by atoms with Gasteiger partial charge in [-0.25, -0.2) is 8.42 Å². The SMILES string of the molecule is CCC1CCN(S(=O)(=O)c2cnn(CCO)c2)CC1. The molecule has 1 N–H and O–H groups in total. The van der Waals surface area contributed by atoms with Crippen molar-refractivity contribution >= 4 is 10.0 Å². The third kappa shape index (κ3) is 3.16. The minimum atomic E-state index is -3.42. The summed E-state index contributed by atoms with van der Waals surface area (Å²) < 4.78 is 27.8. The summed E-state index contributed by atoms with van der Waals surface area (Å²) in [7, 11) is -3.42. The van der Waals surface area contributed by atoms with Crippen molar-refractivity contribution < 1.29 is 13.5 Å². The third-order valence-electron chi connectivity index (χ3n) is 3.73. The monoisotopic (exact) mass is 287 g/mol. The van der Waals surface area contributed by atoms with Crippen molar-refractivity contribution in [1.82, 2.24) is 14.1 Å². The lowest BCUT2D eigenvalue weighted by Gasteiger charge is -2.30. The zero-order valence-corrected chi connectivity index (χ0v) is 12.0. The molecule has 0 saturated carbocycles. The highest BCUT2D eigenvalue weighted by atomic mass is 32.2. The van der Waals surface area contributed by atoms with Crippen molar-refractivity contribution in [3.63, 3.8) is 0 Å². The van der Waals surface area contributed by atoms with Gasteiger partial charge >= 0.3 is 0 Å². The summed E-state index contributed by atoms with van der Waals surface area (Å²) in [5.74, 6) is 0.642. The number of rotatable bonds is 5. The number of piperidine rings is 1. The van der Waals surface area contributed by atoms with E-state index in [1.807, 2.05) is 0 Å². The van der Waals surface area contributed by atoms with Crippen LogP contribution < -0.4 is 0 Å². The maximum atomic E-state index is 12.4. The van der Waals surface area contributed by atoms with E-state index >= 15 is 0 Å². The van der Waals surface area contributed by atoms with E-state index in [-0.39, 0.29) is 11.5 Å². The van der Waals surface area contributed by atoms with Crippen LogP contribution in [0.3, 0.4) is 0 Å². The molecule has 1 saturated heterocycles. The van der Waals surface area contributed by atoms with Crippen LogP contribution in [0.1, 0.15) is 26.2 Å². The molecule has 0 unspecified atom stereocenters. The first-order chi connectivity index (χ1) is 9.07.